The lowest BCUT2D eigenvalue weighted by molar-refractivity contribution is -0.201. The molecule has 1 aliphatic heterocycles. The summed E-state index contributed by atoms with van der Waals surface area (Å²) in [5.74, 6) is -0.550. The molecule has 0 saturated carbocycles. The van der Waals surface area contributed by atoms with Crippen molar-refractivity contribution in [2.24, 2.45) is 0 Å². The molecule has 0 amide bonds. The quantitative estimate of drug-likeness (QED) is 0.486. The number of ether oxygens (including phenoxy) is 2. The Balaban J connectivity index is 2.60. The van der Waals surface area contributed by atoms with Crippen molar-refractivity contribution in [2.75, 3.05) is 6.61 Å². The van der Waals surface area contributed by atoms with Crippen LogP contribution in [0.4, 0.5) is 0 Å². The van der Waals surface area contributed by atoms with E-state index in [2.05, 4.69) is 0 Å². The van der Waals surface area contributed by atoms with Crippen molar-refractivity contribution in [2.45, 2.75) is 38.3 Å². The molecule has 0 aromatic heterocycles. The minimum atomic E-state index is -1.09. The summed E-state index contributed by atoms with van der Waals surface area (Å²) in [6, 6.07) is 0. The van der Waals surface area contributed by atoms with Gasteiger partial charge in [0.1, 0.15) is 12.2 Å². The maximum absolute atomic E-state index is 11.2. The highest BCUT2D eigenvalue weighted by Gasteiger charge is 2.38. The first-order valence-corrected chi connectivity index (χ1v) is 4.87. The predicted octanol–water partition coefficient (Wildman–Crippen LogP) is -0.385. The molecule has 1 saturated heterocycles. The van der Waals surface area contributed by atoms with Gasteiger partial charge in [-0.1, -0.05) is 6.08 Å². The van der Waals surface area contributed by atoms with Crippen molar-refractivity contribution in [3.63, 3.8) is 0 Å². The number of carbonyl (C=O) groups excluding carboxylic acids is 1. The number of rotatable bonds is 2. The number of aliphatic hydroxyl groups is 2. The van der Waals surface area contributed by atoms with Gasteiger partial charge in [0, 0.05) is 6.08 Å². The first-order valence-electron chi connectivity index (χ1n) is 4.87. The van der Waals surface area contributed by atoms with E-state index < -0.39 is 30.4 Å². The smallest absolute Gasteiger partial charge is 0.330 e. The van der Waals surface area contributed by atoms with Gasteiger partial charge in [-0.15, -0.1) is 0 Å². The summed E-state index contributed by atoms with van der Waals surface area (Å²) < 4.78 is 10.1. The van der Waals surface area contributed by atoms with Gasteiger partial charge in [-0.25, -0.2) is 4.79 Å². The summed E-state index contributed by atoms with van der Waals surface area (Å²) in [6.45, 7) is 3.43. The standard InChI is InChI=1S/C10H16O5/c1-3-4-8(12)15-10-6(2)14-5-7(11)9(10)13/h3-4,6-7,9-11,13H,5H2,1-2H3. The van der Waals surface area contributed by atoms with E-state index in [1.54, 1.807) is 19.9 Å². The third kappa shape index (κ3) is 3.02. The minimum absolute atomic E-state index is 0.0556. The zero-order chi connectivity index (χ0) is 11.4. The lowest BCUT2D eigenvalue weighted by atomic mass is 10.0. The Morgan fingerprint density at radius 3 is 2.80 bits per heavy atom. The summed E-state index contributed by atoms with van der Waals surface area (Å²) in [5.41, 5.74) is 0. The molecule has 5 heteroatoms. The first-order chi connectivity index (χ1) is 7.06. The first kappa shape index (κ1) is 12.2. The van der Waals surface area contributed by atoms with Gasteiger partial charge >= 0.3 is 5.97 Å². The molecule has 5 nitrogen and oxygen atoms in total. The van der Waals surface area contributed by atoms with Crippen molar-refractivity contribution in [1.29, 1.82) is 0 Å². The van der Waals surface area contributed by atoms with Crippen LogP contribution in [0.1, 0.15) is 13.8 Å². The van der Waals surface area contributed by atoms with E-state index in [0.29, 0.717) is 0 Å². The van der Waals surface area contributed by atoms with E-state index in [0.717, 1.165) is 0 Å². The zero-order valence-electron chi connectivity index (χ0n) is 8.79. The van der Waals surface area contributed by atoms with Gasteiger partial charge in [-0.2, -0.15) is 0 Å². The normalized spacial score (nSPS) is 36.8. The van der Waals surface area contributed by atoms with Crippen LogP contribution >= 0.6 is 0 Å². The molecule has 4 unspecified atom stereocenters. The van der Waals surface area contributed by atoms with Gasteiger partial charge in [0.2, 0.25) is 0 Å². The molecule has 1 aliphatic rings. The molecule has 0 radical (unpaired) electrons. The Bertz CT molecular complexity index is 250. The molecule has 0 aliphatic carbocycles. The fourth-order valence-electron chi connectivity index (χ4n) is 1.42. The zero-order valence-corrected chi connectivity index (χ0v) is 8.79. The molecule has 0 spiro atoms. The van der Waals surface area contributed by atoms with Crippen LogP contribution in [0.5, 0.6) is 0 Å². The lowest BCUT2D eigenvalue weighted by Gasteiger charge is -2.35. The average molecular weight is 216 g/mol. The molecule has 0 aromatic rings. The highest BCUT2D eigenvalue weighted by atomic mass is 16.6. The molecule has 1 fully saturated rings. The third-order valence-corrected chi connectivity index (χ3v) is 2.28. The Hall–Kier alpha value is -0.910. The van der Waals surface area contributed by atoms with Crippen LogP contribution in [0.25, 0.3) is 0 Å². The Morgan fingerprint density at radius 1 is 1.53 bits per heavy atom. The van der Waals surface area contributed by atoms with Gasteiger partial charge in [0.15, 0.2) is 6.10 Å². The van der Waals surface area contributed by atoms with Gasteiger partial charge in [0.05, 0.1) is 12.7 Å². The summed E-state index contributed by atoms with van der Waals surface area (Å²) in [6.07, 6.45) is -0.553. The van der Waals surface area contributed by atoms with Crippen molar-refractivity contribution in [3.8, 4) is 0 Å². The topological polar surface area (TPSA) is 76.0 Å². The fraction of sp³-hybridized carbons (Fsp3) is 0.700. The molecular weight excluding hydrogens is 200 g/mol. The summed E-state index contributed by atoms with van der Waals surface area (Å²) in [5, 5.41) is 18.9. The van der Waals surface area contributed by atoms with Crippen molar-refractivity contribution in [1.82, 2.24) is 0 Å². The van der Waals surface area contributed by atoms with Gasteiger partial charge < -0.3 is 19.7 Å². The Labute approximate surface area is 88.3 Å². The predicted molar refractivity (Wildman–Crippen MR) is 52.1 cm³/mol. The second-order valence-corrected chi connectivity index (χ2v) is 3.50. The van der Waals surface area contributed by atoms with Gasteiger partial charge in [-0.3, -0.25) is 0 Å². The highest BCUT2D eigenvalue weighted by Crippen LogP contribution is 2.18. The van der Waals surface area contributed by atoms with Crippen molar-refractivity contribution in [3.05, 3.63) is 12.2 Å². The van der Waals surface area contributed by atoms with E-state index in [4.69, 9.17) is 9.47 Å². The van der Waals surface area contributed by atoms with Crippen LogP contribution in [0.15, 0.2) is 12.2 Å². The number of aliphatic hydroxyl groups excluding tert-OH is 2. The molecule has 86 valence electrons. The molecule has 1 rings (SSSR count). The number of hydrogen-bond donors (Lipinski definition) is 2. The SMILES string of the molecule is CC=CC(=O)OC1C(C)OCC(O)C1O. The van der Waals surface area contributed by atoms with E-state index in [1.807, 2.05) is 0 Å². The maximum Gasteiger partial charge on any atom is 0.330 e. The highest BCUT2D eigenvalue weighted by molar-refractivity contribution is 5.82. The molecule has 0 bridgehead atoms. The van der Waals surface area contributed by atoms with Crippen molar-refractivity contribution >= 4 is 5.97 Å². The van der Waals surface area contributed by atoms with Crippen LogP contribution in [0.3, 0.4) is 0 Å². The number of hydrogen-bond acceptors (Lipinski definition) is 5. The second kappa shape index (κ2) is 5.25. The largest absolute Gasteiger partial charge is 0.454 e. The summed E-state index contributed by atoms with van der Waals surface area (Å²) in [4.78, 5) is 11.2. The van der Waals surface area contributed by atoms with E-state index in [-0.39, 0.29) is 6.61 Å². The molecule has 2 N–H and O–H groups in total. The van der Waals surface area contributed by atoms with Crippen LogP contribution in [0, 0.1) is 0 Å². The maximum atomic E-state index is 11.2. The van der Waals surface area contributed by atoms with E-state index in [9.17, 15) is 15.0 Å². The molecule has 1 heterocycles. The van der Waals surface area contributed by atoms with Crippen LogP contribution < -0.4 is 0 Å². The van der Waals surface area contributed by atoms with E-state index >= 15 is 0 Å². The Morgan fingerprint density at radius 2 is 2.20 bits per heavy atom. The van der Waals surface area contributed by atoms with E-state index in [1.165, 1.54) is 6.08 Å². The summed E-state index contributed by atoms with van der Waals surface area (Å²) in [7, 11) is 0. The van der Waals surface area contributed by atoms with Crippen LogP contribution in [-0.2, 0) is 14.3 Å². The monoisotopic (exact) mass is 216 g/mol. The molecule has 4 atom stereocenters. The molecule has 0 aromatic carbocycles. The Kier molecular flexibility index (Phi) is 4.26. The number of esters is 1. The average Bonchev–Trinajstić information content (AvgIpc) is 2.19. The van der Waals surface area contributed by atoms with Gasteiger partial charge in [0.25, 0.3) is 0 Å². The molecule has 15 heavy (non-hydrogen) atoms. The second-order valence-electron chi connectivity index (χ2n) is 3.50. The number of allylic oxidation sites excluding steroid dienone is 1. The van der Waals surface area contributed by atoms with Crippen LogP contribution in [0.2, 0.25) is 0 Å². The van der Waals surface area contributed by atoms with Crippen molar-refractivity contribution < 1.29 is 24.5 Å². The number of carbonyl (C=O) groups is 1. The van der Waals surface area contributed by atoms with Gasteiger partial charge in [-0.05, 0) is 13.8 Å². The molecular formula is C10H16O5. The fourth-order valence-corrected chi connectivity index (χ4v) is 1.42. The lowest BCUT2D eigenvalue weighted by Crippen LogP contribution is -2.53. The van der Waals surface area contributed by atoms with Crippen LogP contribution in [-0.4, -0.2) is 47.2 Å². The third-order valence-electron chi connectivity index (χ3n) is 2.28. The minimum Gasteiger partial charge on any atom is -0.454 e. The summed E-state index contributed by atoms with van der Waals surface area (Å²) >= 11 is 0.